The van der Waals surface area contributed by atoms with Crippen molar-refractivity contribution in [3.63, 3.8) is 0 Å². The zero-order valence-corrected chi connectivity index (χ0v) is 8.59. The van der Waals surface area contributed by atoms with Crippen LogP contribution in [0.15, 0.2) is 24.3 Å². The molecule has 1 heterocycles. The van der Waals surface area contributed by atoms with Gasteiger partial charge in [-0.15, -0.1) is 0 Å². The number of nitrogens with two attached hydrogens (primary N) is 1. The molecule has 0 amide bonds. The van der Waals surface area contributed by atoms with Crippen LogP contribution in [0.3, 0.4) is 0 Å². The molecule has 1 aliphatic heterocycles. The minimum Gasteiger partial charge on any atom is -0.375 e. The Morgan fingerprint density at radius 2 is 2.27 bits per heavy atom. The van der Waals surface area contributed by atoms with Gasteiger partial charge >= 0.3 is 0 Å². The zero-order valence-electron chi connectivity index (χ0n) is 8.59. The third kappa shape index (κ3) is 2.11. The first-order valence-electron chi connectivity index (χ1n) is 5.19. The standard InChI is InChI=1S/C11H16FN3/c12-9-3-1-2-4-10(9)15-11(7-13)5-6-14-8-11/h1-4,14-15H,5-8,13H2. The van der Waals surface area contributed by atoms with E-state index < -0.39 is 0 Å². The van der Waals surface area contributed by atoms with Gasteiger partial charge in [-0.3, -0.25) is 0 Å². The number of rotatable bonds is 3. The van der Waals surface area contributed by atoms with Crippen LogP contribution in [-0.2, 0) is 0 Å². The van der Waals surface area contributed by atoms with Gasteiger partial charge in [-0.1, -0.05) is 12.1 Å². The Bertz CT molecular complexity index is 334. The van der Waals surface area contributed by atoms with E-state index in [0.717, 1.165) is 19.5 Å². The molecule has 0 radical (unpaired) electrons. The lowest BCUT2D eigenvalue weighted by atomic mass is 9.98. The average molecular weight is 209 g/mol. The van der Waals surface area contributed by atoms with Crippen molar-refractivity contribution in [2.75, 3.05) is 25.0 Å². The first-order chi connectivity index (χ1) is 7.26. The number of nitrogens with one attached hydrogen (secondary N) is 2. The lowest BCUT2D eigenvalue weighted by molar-refractivity contribution is 0.516. The molecule has 0 saturated carbocycles. The minimum atomic E-state index is -0.225. The summed E-state index contributed by atoms with van der Waals surface area (Å²) in [5.74, 6) is -0.225. The van der Waals surface area contributed by atoms with Crippen LogP contribution in [0.1, 0.15) is 6.42 Å². The van der Waals surface area contributed by atoms with E-state index in [1.165, 1.54) is 6.07 Å². The fraction of sp³-hybridized carbons (Fsp3) is 0.455. The van der Waals surface area contributed by atoms with Gasteiger partial charge in [0.05, 0.1) is 11.2 Å². The van der Waals surface area contributed by atoms with E-state index in [1.807, 2.05) is 6.07 Å². The largest absolute Gasteiger partial charge is 0.375 e. The van der Waals surface area contributed by atoms with Gasteiger partial charge in [-0.25, -0.2) is 4.39 Å². The van der Waals surface area contributed by atoms with Crippen LogP contribution in [0.25, 0.3) is 0 Å². The highest BCUT2D eigenvalue weighted by Crippen LogP contribution is 2.22. The summed E-state index contributed by atoms with van der Waals surface area (Å²) < 4.78 is 13.4. The molecule has 82 valence electrons. The third-order valence-electron chi connectivity index (χ3n) is 2.91. The van der Waals surface area contributed by atoms with E-state index in [9.17, 15) is 4.39 Å². The first kappa shape index (κ1) is 10.4. The Morgan fingerprint density at radius 1 is 1.47 bits per heavy atom. The van der Waals surface area contributed by atoms with Gasteiger partial charge in [0.25, 0.3) is 0 Å². The summed E-state index contributed by atoms with van der Waals surface area (Å²) in [6.07, 6.45) is 0.928. The quantitative estimate of drug-likeness (QED) is 0.694. The Balaban J connectivity index is 2.16. The molecule has 1 unspecified atom stereocenters. The van der Waals surface area contributed by atoms with Crippen molar-refractivity contribution < 1.29 is 4.39 Å². The normalized spacial score (nSPS) is 25.5. The minimum absolute atomic E-state index is 0.192. The van der Waals surface area contributed by atoms with Crippen LogP contribution < -0.4 is 16.4 Å². The van der Waals surface area contributed by atoms with Crippen LogP contribution in [0.4, 0.5) is 10.1 Å². The van der Waals surface area contributed by atoms with Crippen molar-refractivity contribution >= 4 is 5.69 Å². The molecule has 1 fully saturated rings. The molecular weight excluding hydrogens is 193 g/mol. The Morgan fingerprint density at radius 3 is 2.87 bits per heavy atom. The van der Waals surface area contributed by atoms with E-state index in [-0.39, 0.29) is 11.4 Å². The molecule has 4 heteroatoms. The molecule has 15 heavy (non-hydrogen) atoms. The van der Waals surface area contributed by atoms with Crippen LogP contribution in [-0.4, -0.2) is 25.2 Å². The van der Waals surface area contributed by atoms with Gasteiger partial charge in [-0.2, -0.15) is 0 Å². The predicted molar refractivity (Wildman–Crippen MR) is 59.3 cm³/mol. The molecule has 0 spiro atoms. The number of hydrogen-bond donors (Lipinski definition) is 3. The lowest BCUT2D eigenvalue weighted by Gasteiger charge is -2.29. The smallest absolute Gasteiger partial charge is 0.146 e. The molecule has 1 saturated heterocycles. The highest BCUT2D eigenvalue weighted by Gasteiger charge is 2.32. The Hall–Kier alpha value is -1.13. The fourth-order valence-corrected chi connectivity index (χ4v) is 1.92. The molecule has 0 aliphatic carbocycles. The molecular formula is C11H16FN3. The van der Waals surface area contributed by atoms with Crippen LogP contribution >= 0.6 is 0 Å². The van der Waals surface area contributed by atoms with E-state index in [4.69, 9.17) is 5.73 Å². The van der Waals surface area contributed by atoms with Crippen molar-refractivity contribution in [3.8, 4) is 0 Å². The number of para-hydroxylation sites is 1. The second kappa shape index (κ2) is 4.16. The molecule has 1 aromatic rings. The summed E-state index contributed by atoms with van der Waals surface area (Å²) in [4.78, 5) is 0. The van der Waals surface area contributed by atoms with Gasteiger partial charge in [0.2, 0.25) is 0 Å². The lowest BCUT2D eigenvalue weighted by Crippen LogP contribution is -2.47. The summed E-state index contributed by atoms with van der Waals surface area (Å²) >= 11 is 0. The second-order valence-corrected chi connectivity index (χ2v) is 4.02. The summed E-state index contributed by atoms with van der Waals surface area (Å²) in [5, 5.41) is 6.45. The maximum atomic E-state index is 13.4. The molecule has 0 aromatic heterocycles. The summed E-state index contributed by atoms with van der Waals surface area (Å²) in [6, 6.07) is 6.69. The van der Waals surface area contributed by atoms with E-state index >= 15 is 0 Å². The van der Waals surface area contributed by atoms with Gasteiger partial charge in [0.15, 0.2) is 0 Å². The van der Waals surface area contributed by atoms with E-state index in [1.54, 1.807) is 12.1 Å². The van der Waals surface area contributed by atoms with Gasteiger partial charge < -0.3 is 16.4 Å². The van der Waals surface area contributed by atoms with Crippen molar-refractivity contribution in [1.82, 2.24) is 5.32 Å². The Labute approximate surface area is 88.9 Å². The van der Waals surface area contributed by atoms with Crippen LogP contribution in [0.2, 0.25) is 0 Å². The molecule has 1 aromatic carbocycles. The van der Waals surface area contributed by atoms with Crippen molar-refractivity contribution in [1.29, 1.82) is 0 Å². The summed E-state index contributed by atoms with van der Waals surface area (Å²) in [7, 11) is 0. The third-order valence-corrected chi connectivity index (χ3v) is 2.91. The molecule has 4 N–H and O–H groups in total. The van der Waals surface area contributed by atoms with Crippen LogP contribution in [0, 0.1) is 5.82 Å². The molecule has 1 aliphatic rings. The monoisotopic (exact) mass is 209 g/mol. The van der Waals surface area contributed by atoms with Crippen molar-refractivity contribution in [2.24, 2.45) is 5.73 Å². The van der Waals surface area contributed by atoms with E-state index in [0.29, 0.717) is 12.2 Å². The Kier molecular flexibility index (Phi) is 2.88. The average Bonchev–Trinajstić information content (AvgIpc) is 2.71. The first-order valence-corrected chi connectivity index (χ1v) is 5.19. The summed E-state index contributed by atoms with van der Waals surface area (Å²) in [5.41, 5.74) is 6.08. The molecule has 1 atom stereocenters. The fourth-order valence-electron chi connectivity index (χ4n) is 1.92. The van der Waals surface area contributed by atoms with Gasteiger partial charge in [0.1, 0.15) is 5.82 Å². The SMILES string of the molecule is NCC1(Nc2ccccc2F)CCNC1. The van der Waals surface area contributed by atoms with E-state index in [2.05, 4.69) is 10.6 Å². The van der Waals surface area contributed by atoms with Crippen molar-refractivity contribution in [2.45, 2.75) is 12.0 Å². The zero-order chi connectivity index (χ0) is 10.7. The second-order valence-electron chi connectivity index (χ2n) is 4.02. The predicted octanol–water partition coefficient (Wildman–Crippen LogP) is 0.928. The maximum absolute atomic E-state index is 13.4. The van der Waals surface area contributed by atoms with Crippen LogP contribution in [0.5, 0.6) is 0 Å². The highest BCUT2D eigenvalue weighted by molar-refractivity contribution is 5.47. The number of hydrogen-bond acceptors (Lipinski definition) is 3. The topological polar surface area (TPSA) is 50.1 Å². The number of halogens is 1. The maximum Gasteiger partial charge on any atom is 0.146 e. The number of anilines is 1. The van der Waals surface area contributed by atoms with Crippen molar-refractivity contribution in [3.05, 3.63) is 30.1 Å². The molecule has 2 rings (SSSR count). The summed E-state index contributed by atoms with van der Waals surface area (Å²) in [6.45, 7) is 2.23. The van der Waals surface area contributed by atoms with Gasteiger partial charge in [-0.05, 0) is 25.1 Å². The molecule has 0 bridgehead atoms. The van der Waals surface area contributed by atoms with Gasteiger partial charge in [0, 0.05) is 13.1 Å². The molecule has 3 nitrogen and oxygen atoms in total. The number of benzene rings is 1. The highest BCUT2D eigenvalue weighted by atomic mass is 19.1.